The van der Waals surface area contributed by atoms with Crippen molar-refractivity contribution in [2.24, 2.45) is 0 Å². The number of fused-ring (bicyclic) bond motifs is 1. The van der Waals surface area contributed by atoms with Crippen molar-refractivity contribution in [1.82, 2.24) is 24.8 Å². The maximum Gasteiger partial charge on any atom is 0.573 e. The number of halogens is 3. The molecule has 2 fully saturated rings. The number of aromatic amines is 1. The van der Waals surface area contributed by atoms with Gasteiger partial charge in [0, 0.05) is 37.9 Å². The minimum Gasteiger partial charge on any atom is -0.444 e. The average Bonchev–Trinajstić information content (AvgIpc) is 3.25. The number of nitrogens with one attached hydrogen (secondary N) is 1. The van der Waals surface area contributed by atoms with E-state index in [0.717, 1.165) is 41.9 Å². The summed E-state index contributed by atoms with van der Waals surface area (Å²) in [6.45, 7) is 7.58. The SMILES string of the molecule is CC(C)(C)OC(=O)N1CC(c2nc3c(C4CCN(C(=O)c5ccc(OC(F)(F)F)cc5)CC4)ccnc3[nH]2)C1. The van der Waals surface area contributed by atoms with Crippen molar-refractivity contribution in [3.05, 3.63) is 53.5 Å². The first-order chi connectivity index (χ1) is 18.4. The van der Waals surface area contributed by atoms with Gasteiger partial charge in [-0.3, -0.25) is 4.79 Å². The number of amides is 2. The van der Waals surface area contributed by atoms with E-state index in [0.29, 0.717) is 37.4 Å². The van der Waals surface area contributed by atoms with Crippen LogP contribution in [0.15, 0.2) is 36.5 Å². The molecule has 208 valence electrons. The highest BCUT2D eigenvalue weighted by Gasteiger charge is 2.37. The highest BCUT2D eigenvalue weighted by Crippen LogP contribution is 2.34. The molecule has 39 heavy (non-hydrogen) atoms. The molecule has 0 atom stereocenters. The van der Waals surface area contributed by atoms with Crippen LogP contribution in [0.5, 0.6) is 5.75 Å². The standard InChI is InChI=1S/C27H30F3N5O4/c1-26(2,3)39-25(37)35-14-18(15-35)22-32-21-20(8-11-31-23(21)33-22)16-9-12-34(13-10-16)24(36)17-4-6-19(7-5-17)38-27(28,29)30/h4-8,11,16,18H,9-10,12-15H2,1-3H3,(H,31,32,33). The Morgan fingerprint density at radius 2 is 1.64 bits per heavy atom. The quantitative estimate of drug-likeness (QED) is 0.483. The molecule has 0 unspecified atom stereocenters. The van der Waals surface area contributed by atoms with Crippen molar-refractivity contribution < 1.29 is 32.2 Å². The summed E-state index contributed by atoms with van der Waals surface area (Å²) >= 11 is 0. The van der Waals surface area contributed by atoms with Crippen molar-refractivity contribution in [1.29, 1.82) is 0 Å². The van der Waals surface area contributed by atoms with Gasteiger partial charge >= 0.3 is 12.5 Å². The van der Waals surface area contributed by atoms with E-state index in [-0.39, 0.29) is 29.6 Å². The Bertz CT molecular complexity index is 1350. The minimum atomic E-state index is -4.78. The molecule has 0 saturated carbocycles. The van der Waals surface area contributed by atoms with E-state index in [1.54, 1.807) is 16.0 Å². The van der Waals surface area contributed by atoms with Crippen molar-refractivity contribution in [3.8, 4) is 5.75 Å². The molecule has 0 radical (unpaired) electrons. The van der Waals surface area contributed by atoms with Crippen LogP contribution in [-0.4, -0.2) is 74.9 Å². The zero-order valence-electron chi connectivity index (χ0n) is 21.9. The number of carbonyl (C=O) groups excluding carboxylic acids is 2. The van der Waals surface area contributed by atoms with Crippen LogP contribution in [0.4, 0.5) is 18.0 Å². The molecule has 9 nitrogen and oxygen atoms in total. The summed E-state index contributed by atoms with van der Waals surface area (Å²) in [5.41, 5.74) is 2.32. The molecule has 1 aromatic carbocycles. The number of pyridine rings is 1. The fraction of sp³-hybridized carbons (Fsp3) is 0.481. The summed E-state index contributed by atoms with van der Waals surface area (Å²) < 4.78 is 46.5. The molecule has 0 aliphatic carbocycles. The topological polar surface area (TPSA) is 101 Å². The second kappa shape index (κ2) is 10.0. The summed E-state index contributed by atoms with van der Waals surface area (Å²) in [6, 6.07) is 6.94. The molecule has 2 aromatic heterocycles. The molecule has 3 aromatic rings. The van der Waals surface area contributed by atoms with Crippen LogP contribution in [0, 0.1) is 0 Å². The van der Waals surface area contributed by atoms with E-state index in [1.165, 1.54) is 12.1 Å². The third-order valence-electron chi connectivity index (χ3n) is 6.91. The molecule has 0 spiro atoms. The van der Waals surface area contributed by atoms with Gasteiger partial charge in [-0.15, -0.1) is 13.2 Å². The number of imidazole rings is 1. The van der Waals surface area contributed by atoms with Crippen molar-refractivity contribution in [2.75, 3.05) is 26.2 Å². The molecule has 0 bridgehead atoms. The maximum absolute atomic E-state index is 12.9. The lowest BCUT2D eigenvalue weighted by atomic mass is 9.89. The Hall–Kier alpha value is -3.83. The molecule has 5 rings (SSSR count). The van der Waals surface area contributed by atoms with E-state index < -0.39 is 12.0 Å². The molecule has 1 N–H and O–H groups in total. The lowest BCUT2D eigenvalue weighted by molar-refractivity contribution is -0.274. The summed E-state index contributed by atoms with van der Waals surface area (Å²) in [7, 11) is 0. The van der Waals surface area contributed by atoms with Gasteiger partial charge in [-0.2, -0.15) is 0 Å². The fourth-order valence-corrected chi connectivity index (χ4v) is 4.97. The van der Waals surface area contributed by atoms with Crippen LogP contribution in [0.25, 0.3) is 11.2 Å². The second-order valence-corrected chi connectivity index (χ2v) is 10.9. The van der Waals surface area contributed by atoms with Crippen molar-refractivity contribution in [3.63, 3.8) is 0 Å². The van der Waals surface area contributed by atoms with Gasteiger partial charge in [0.05, 0.1) is 5.92 Å². The summed E-state index contributed by atoms with van der Waals surface area (Å²) in [6.07, 6.45) is -1.93. The van der Waals surface area contributed by atoms with E-state index in [4.69, 9.17) is 9.72 Å². The fourth-order valence-electron chi connectivity index (χ4n) is 4.97. The molecule has 4 heterocycles. The Morgan fingerprint density at radius 3 is 2.26 bits per heavy atom. The van der Waals surface area contributed by atoms with Gasteiger partial charge < -0.3 is 24.3 Å². The van der Waals surface area contributed by atoms with Gasteiger partial charge in [-0.25, -0.2) is 14.8 Å². The summed E-state index contributed by atoms with van der Waals surface area (Å²) in [4.78, 5) is 41.1. The van der Waals surface area contributed by atoms with Gasteiger partial charge in [0.2, 0.25) is 0 Å². The molecule has 2 aliphatic heterocycles. The monoisotopic (exact) mass is 545 g/mol. The number of hydrogen-bond donors (Lipinski definition) is 1. The normalized spacial score (nSPS) is 17.3. The van der Waals surface area contributed by atoms with E-state index in [1.807, 2.05) is 26.8 Å². The van der Waals surface area contributed by atoms with Crippen LogP contribution in [0.1, 0.15) is 67.2 Å². The first-order valence-electron chi connectivity index (χ1n) is 12.8. The largest absolute Gasteiger partial charge is 0.573 e. The smallest absolute Gasteiger partial charge is 0.444 e. The predicted molar refractivity (Wildman–Crippen MR) is 135 cm³/mol. The van der Waals surface area contributed by atoms with Crippen molar-refractivity contribution in [2.45, 2.75) is 57.4 Å². The zero-order chi connectivity index (χ0) is 27.9. The van der Waals surface area contributed by atoms with Crippen LogP contribution < -0.4 is 4.74 Å². The molecular weight excluding hydrogens is 515 g/mol. The van der Waals surface area contributed by atoms with E-state index >= 15 is 0 Å². The number of rotatable bonds is 4. The Kier molecular flexibility index (Phi) is 6.90. The Labute approximate surface area is 223 Å². The van der Waals surface area contributed by atoms with Crippen molar-refractivity contribution >= 4 is 23.2 Å². The number of H-pyrrole nitrogens is 1. The first-order valence-corrected chi connectivity index (χ1v) is 12.8. The third-order valence-corrected chi connectivity index (χ3v) is 6.91. The zero-order valence-corrected chi connectivity index (χ0v) is 21.9. The Balaban J connectivity index is 1.20. The number of carbonyl (C=O) groups is 2. The number of nitrogens with zero attached hydrogens (tertiary/aromatic N) is 4. The number of alkyl halides is 3. The molecule has 2 aliphatic rings. The van der Waals surface area contributed by atoms with Gasteiger partial charge in [-0.1, -0.05) is 0 Å². The van der Waals surface area contributed by atoms with Crippen LogP contribution in [0.2, 0.25) is 0 Å². The minimum absolute atomic E-state index is 0.0759. The molecule has 2 saturated heterocycles. The van der Waals surface area contributed by atoms with Gasteiger partial charge in [0.25, 0.3) is 5.91 Å². The molecule has 12 heteroatoms. The highest BCUT2D eigenvalue weighted by atomic mass is 19.4. The van der Waals surface area contributed by atoms with Gasteiger partial charge in [-0.05, 0) is 75.4 Å². The Morgan fingerprint density at radius 1 is 0.974 bits per heavy atom. The molecule has 2 amide bonds. The number of aromatic nitrogens is 3. The number of benzene rings is 1. The second-order valence-electron chi connectivity index (χ2n) is 10.9. The highest BCUT2D eigenvalue weighted by molar-refractivity contribution is 5.94. The summed E-state index contributed by atoms with van der Waals surface area (Å²) in [5, 5.41) is 0. The van der Waals surface area contributed by atoms with Crippen LogP contribution in [-0.2, 0) is 4.74 Å². The number of ether oxygens (including phenoxy) is 2. The van der Waals surface area contributed by atoms with E-state index in [2.05, 4.69) is 14.7 Å². The number of likely N-dealkylation sites (tertiary alicyclic amines) is 2. The third kappa shape index (κ3) is 6.10. The lowest BCUT2D eigenvalue weighted by Gasteiger charge is -2.38. The summed E-state index contributed by atoms with van der Waals surface area (Å²) in [5.74, 6) is 0.450. The van der Waals surface area contributed by atoms with Gasteiger partial charge in [0.1, 0.15) is 22.7 Å². The average molecular weight is 546 g/mol. The number of hydrogen-bond acceptors (Lipinski definition) is 6. The van der Waals surface area contributed by atoms with E-state index in [9.17, 15) is 22.8 Å². The maximum atomic E-state index is 12.9. The number of piperidine rings is 1. The predicted octanol–water partition coefficient (Wildman–Crippen LogP) is 5.21. The van der Waals surface area contributed by atoms with Crippen LogP contribution >= 0.6 is 0 Å². The van der Waals surface area contributed by atoms with Crippen LogP contribution in [0.3, 0.4) is 0 Å². The lowest BCUT2D eigenvalue weighted by Crippen LogP contribution is -2.50. The first kappa shape index (κ1) is 26.8. The molecular formula is C27H30F3N5O4. The van der Waals surface area contributed by atoms with Gasteiger partial charge in [0.15, 0.2) is 5.65 Å².